The molecule has 2 aromatic heterocycles. The van der Waals surface area contributed by atoms with Crippen molar-refractivity contribution in [3.63, 3.8) is 0 Å². The number of nitrogens with zero attached hydrogens (tertiary/aromatic N) is 3. The van der Waals surface area contributed by atoms with Gasteiger partial charge in [-0.1, -0.05) is 13.8 Å². The van der Waals surface area contributed by atoms with E-state index in [1.807, 2.05) is 0 Å². The van der Waals surface area contributed by atoms with Crippen LogP contribution < -0.4 is 5.32 Å². The summed E-state index contributed by atoms with van der Waals surface area (Å²) in [6, 6.07) is 1.44. The van der Waals surface area contributed by atoms with Gasteiger partial charge >= 0.3 is 6.18 Å². The van der Waals surface area contributed by atoms with E-state index in [2.05, 4.69) is 15.4 Å². The molecular weight excluding hydrogens is 301 g/mol. The Hall–Kier alpha value is -2.16. The van der Waals surface area contributed by atoms with E-state index in [9.17, 15) is 23.1 Å². The number of aromatic nitrogens is 3. The van der Waals surface area contributed by atoms with Crippen LogP contribution in [0.15, 0.2) is 18.3 Å². The zero-order valence-electron chi connectivity index (χ0n) is 11.9. The van der Waals surface area contributed by atoms with E-state index in [4.69, 9.17) is 0 Å². The summed E-state index contributed by atoms with van der Waals surface area (Å²) < 4.78 is 39.2. The highest BCUT2D eigenvalue weighted by Gasteiger charge is 2.34. The lowest BCUT2D eigenvalue weighted by Crippen LogP contribution is -2.41. The predicted molar refractivity (Wildman–Crippen MR) is 71.2 cm³/mol. The van der Waals surface area contributed by atoms with Crippen molar-refractivity contribution in [2.24, 2.45) is 5.92 Å². The van der Waals surface area contributed by atoms with E-state index in [0.717, 1.165) is 12.3 Å². The molecule has 2 rings (SSSR count). The van der Waals surface area contributed by atoms with E-state index in [1.165, 1.54) is 6.07 Å². The summed E-state index contributed by atoms with van der Waals surface area (Å²) in [5.74, 6) is -0.693. The Labute approximate surface area is 124 Å². The molecule has 2 N–H and O–H groups in total. The topological polar surface area (TPSA) is 79.5 Å². The van der Waals surface area contributed by atoms with Crippen LogP contribution >= 0.6 is 0 Å². The van der Waals surface area contributed by atoms with Gasteiger partial charge in [0.15, 0.2) is 11.3 Å². The third kappa shape index (κ3) is 3.19. The number of aliphatic hydroxyl groups excluding tert-OH is 1. The molecule has 2 aromatic rings. The first-order valence-corrected chi connectivity index (χ1v) is 6.57. The van der Waals surface area contributed by atoms with Crippen LogP contribution in [0, 0.1) is 5.92 Å². The molecule has 0 fully saturated rings. The van der Waals surface area contributed by atoms with Gasteiger partial charge in [0.1, 0.15) is 5.69 Å². The van der Waals surface area contributed by atoms with Gasteiger partial charge in [-0.15, -0.1) is 0 Å². The molecule has 0 aromatic carbocycles. The number of halogens is 3. The van der Waals surface area contributed by atoms with E-state index in [1.54, 1.807) is 13.8 Å². The van der Waals surface area contributed by atoms with Crippen molar-refractivity contribution in [2.45, 2.75) is 26.1 Å². The van der Waals surface area contributed by atoms with Gasteiger partial charge in [0.25, 0.3) is 5.91 Å². The van der Waals surface area contributed by atoms with Crippen LogP contribution in [-0.2, 0) is 6.18 Å². The zero-order chi connectivity index (χ0) is 16.5. The normalized spacial score (nSPS) is 13.6. The number of nitrogens with one attached hydrogen (secondary N) is 1. The van der Waals surface area contributed by atoms with Crippen LogP contribution in [0.2, 0.25) is 0 Å². The minimum absolute atomic E-state index is 0.0326. The average Bonchev–Trinajstić information content (AvgIpc) is 2.86. The van der Waals surface area contributed by atoms with Crippen LogP contribution in [0.4, 0.5) is 13.2 Å². The maximum absolute atomic E-state index is 12.9. The first-order chi connectivity index (χ1) is 10.2. The summed E-state index contributed by atoms with van der Waals surface area (Å²) in [4.78, 5) is 15.8. The second kappa shape index (κ2) is 5.91. The molecule has 0 aliphatic carbocycles. The SMILES string of the molecule is CC(C)[C@@H](CO)NC(=O)c1cc2nccc(C(F)(F)F)n2n1. The van der Waals surface area contributed by atoms with Crippen molar-refractivity contribution < 1.29 is 23.1 Å². The molecule has 0 radical (unpaired) electrons. The van der Waals surface area contributed by atoms with Crippen LogP contribution in [0.1, 0.15) is 30.0 Å². The number of carbonyl (C=O) groups is 1. The number of amides is 1. The van der Waals surface area contributed by atoms with Crippen LogP contribution in [-0.4, -0.2) is 38.3 Å². The van der Waals surface area contributed by atoms with Gasteiger partial charge in [0.05, 0.1) is 12.6 Å². The molecular formula is C13H15F3N4O2. The van der Waals surface area contributed by atoms with Gasteiger partial charge in [-0.25, -0.2) is 9.50 Å². The minimum Gasteiger partial charge on any atom is -0.394 e. The van der Waals surface area contributed by atoms with Crippen molar-refractivity contribution in [3.05, 3.63) is 29.7 Å². The predicted octanol–water partition coefficient (Wildman–Crippen LogP) is 1.49. The number of hydrogen-bond acceptors (Lipinski definition) is 4. The summed E-state index contributed by atoms with van der Waals surface area (Å²) >= 11 is 0. The molecule has 0 spiro atoms. The summed E-state index contributed by atoms with van der Waals surface area (Å²) in [5.41, 5.74) is -1.28. The monoisotopic (exact) mass is 316 g/mol. The van der Waals surface area contributed by atoms with Crippen molar-refractivity contribution >= 4 is 11.6 Å². The number of fused-ring (bicyclic) bond motifs is 1. The number of alkyl halides is 3. The fourth-order valence-corrected chi connectivity index (χ4v) is 1.89. The Balaban J connectivity index is 2.36. The number of rotatable bonds is 4. The summed E-state index contributed by atoms with van der Waals surface area (Å²) in [6.07, 6.45) is -3.60. The lowest BCUT2D eigenvalue weighted by Gasteiger charge is -2.18. The van der Waals surface area contributed by atoms with Gasteiger partial charge < -0.3 is 10.4 Å². The van der Waals surface area contributed by atoms with E-state index in [-0.39, 0.29) is 23.9 Å². The Bertz CT molecular complexity index is 681. The molecule has 0 saturated heterocycles. The fourth-order valence-electron chi connectivity index (χ4n) is 1.89. The van der Waals surface area contributed by atoms with E-state index in [0.29, 0.717) is 4.52 Å². The standard InChI is InChI=1S/C13H15F3N4O2/c1-7(2)9(6-21)18-12(22)8-5-11-17-4-3-10(13(14,15)16)20(11)19-8/h3-5,7,9,21H,6H2,1-2H3,(H,18,22)/t9-/m1/s1. The molecule has 22 heavy (non-hydrogen) atoms. The summed E-state index contributed by atoms with van der Waals surface area (Å²) in [6.45, 7) is 3.32. The Morgan fingerprint density at radius 2 is 2.14 bits per heavy atom. The maximum atomic E-state index is 12.9. The van der Waals surface area contributed by atoms with E-state index >= 15 is 0 Å². The van der Waals surface area contributed by atoms with Gasteiger partial charge in [-0.3, -0.25) is 4.79 Å². The largest absolute Gasteiger partial charge is 0.433 e. The van der Waals surface area contributed by atoms with Crippen LogP contribution in [0.5, 0.6) is 0 Å². The highest BCUT2D eigenvalue weighted by molar-refractivity contribution is 5.93. The highest BCUT2D eigenvalue weighted by Crippen LogP contribution is 2.28. The van der Waals surface area contributed by atoms with Crippen LogP contribution in [0.3, 0.4) is 0 Å². The molecule has 6 nitrogen and oxygen atoms in total. The van der Waals surface area contributed by atoms with Crippen molar-refractivity contribution in [2.75, 3.05) is 6.61 Å². The minimum atomic E-state index is -4.60. The van der Waals surface area contributed by atoms with Crippen LogP contribution in [0.25, 0.3) is 5.65 Å². The quantitative estimate of drug-likeness (QED) is 0.896. The molecule has 0 bridgehead atoms. The zero-order valence-corrected chi connectivity index (χ0v) is 11.9. The maximum Gasteiger partial charge on any atom is 0.433 e. The summed E-state index contributed by atoms with van der Waals surface area (Å²) in [5, 5.41) is 15.4. The third-order valence-corrected chi connectivity index (χ3v) is 3.20. The molecule has 1 amide bonds. The third-order valence-electron chi connectivity index (χ3n) is 3.20. The Kier molecular flexibility index (Phi) is 4.36. The lowest BCUT2D eigenvalue weighted by atomic mass is 10.1. The van der Waals surface area contributed by atoms with Gasteiger partial charge in [-0.05, 0) is 12.0 Å². The number of hydrogen-bond donors (Lipinski definition) is 2. The molecule has 9 heteroatoms. The molecule has 0 saturated carbocycles. The fraction of sp³-hybridized carbons (Fsp3) is 0.462. The molecule has 120 valence electrons. The van der Waals surface area contributed by atoms with Crippen molar-refractivity contribution in [3.8, 4) is 0 Å². The average molecular weight is 316 g/mol. The van der Waals surface area contributed by atoms with Gasteiger partial charge in [0, 0.05) is 12.3 Å². The molecule has 2 heterocycles. The molecule has 0 aliphatic rings. The Morgan fingerprint density at radius 3 is 2.68 bits per heavy atom. The number of carbonyl (C=O) groups excluding carboxylic acids is 1. The van der Waals surface area contributed by atoms with E-state index < -0.39 is 23.8 Å². The van der Waals surface area contributed by atoms with Crippen molar-refractivity contribution in [1.82, 2.24) is 19.9 Å². The van der Waals surface area contributed by atoms with Gasteiger partial charge in [0.2, 0.25) is 0 Å². The molecule has 1 atom stereocenters. The molecule has 0 unspecified atom stereocenters. The first kappa shape index (κ1) is 16.2. The Morgan fingerprint density at radius 1 is 1.45 bits per heavy atom. The molecule has 0 aliphatic heterocycles. The van der Waals surface area contributed by atoms with Crippen molar-refractivity contribution in [1.29, 1.82) is 0 Å². The summed E-state index contributed by atoms with van der Waals surface area (Å²) in [7, 11) is 0. The first-order valence-electron chi connectivity index (χ1n) is 6.57. The lowest BCUT2D eigenvalue weighted by molar-refractivity contribution is -0.142. The smallest absolute Gasteiger partial charge is 0.394 e. The second-order valence-corrected chi connectivity index (χ2v) is 5.13. The number of aliphatic hydroxyl groups is 1. The second-order valence-electron chi connectivity index (χ2n) is 5.13. The highest BCUT2D eigenvalue weighted by atomic mass is 19.4. The van der Waals surface area contributed by atoms with Gasteiger partial charge in [-0.2, -0.15) is 18.3 Å².